The summed E-state index contributed by atoms with van der Waals surface area (Å²) in [5.41, 5.74) is 1.33. The number of hydrogen-bond acceptors (Lipinski definition) is 2. The van der Waals surface area contributed by atoms with E-state index in [2.05, 4.69) is 39.0 Å². The second-order valence-electron chi connectivity index (χ2n) is 5.71. The predicted octanol–water partition coefficient (Wildman–Crippen LogP) is 2.79. The first-order valence-electron chi connectivity index (χ1n) is 6.60. The molecule has 0 radical (unpaired) electrons. The van der Waals surface area contributed by atoms with Gasteiger partial charge in [-0.3, -0.25) is 0 Å². The van der Waals surface area contributed by atoms with Gasteiger partial charge in [-0.05, 0) is 25.7 Å². The maximum atomic E-state index is 9.81. The van der Waals surface area contributed by atoms with E-state index in [1.54, 1.807) is 0 Å². The lowest BCUT2D eigenvalue weighted by molar-refractivity contribution is -0.148. The van der Waals surface area contributed by atoms with Crippen molar-refractivity contribution >= 4 is 0 Å². The summed E-state index contributed by atoms with van der Waals surface area (Å²) in [4.78, 5) is 0. The Balaban J connectivity index is 2.40. The molecule has 1 heterocycles. The van der Waals surface area contributed by atoms with Gasteiger partial charge in [0.25, 0.3) is 0 Å². The predicted molar refractivity (Wildman–Crippen MR) is 69.6 cm³/mol. The SMILES string of the molecule is C/C=C/[C@@H]1OC[C@@]2(CO)[C@H](C)C=C(C)[C@H]1[C@@H]2C. The summed E-state index contributed by atoms with van der Waals surface area (Å²) in [5, 5.41) is 9.81. The van der Waals surface area contributed by atoms with Crippen LogP contribution in [0.2, 0.25) is 0 Å². The number of rotatable bonds is 2. The van der Waals surface area contributed by atoms with E-state index in [0.717, 1.165) is 0 Å². The molecular weight excluding hydrogens is 212 g/mol. The van der Waals surface area contributed by atoms with Crippen molar-refractivity contribution in [3.63, 3.8) is 0 Å². The molecule has 2 nitrogen and oxygen atoms in total. The number of hydrogen-bond donors (Lipinski definition) is 1. The molecule has 1 fully saturated rings. The van der Waals surface area contributed by atoms with E-state index in [1.165, 1.54) is 5.57 Å². The lowest BCUT2D eigenvalue weighted by Crippen LogP contribution is -2.55. The molecule has 1 aliphatic heterocycles. The number of allylic oxidation sites excluding steroid dienone is 2. The molecule has 96 valence electrons. The van der Waals surface area contributed by atoms with Crippen molar-refractivity contribution in [2.45, 2.75) is 33.8 Å². The minimum absolute atomic E-state index is 0.0811. The first-order chi connectivity index (χ1) is 8.06. The number of fused-ring (bicyclic) bond motifs is 2. The third-order valence-corrected chi connectivity index (χ3v) is 4.97. The molecule has 2 rings (SSSR count). The van der Waals surface area contributed by atoms with Crippen molar-refractivity contribution in [3.05, 3.63) is 23.8 Å². The van der Waals surface area contributed by atoms with Crippen LogP contribution in [-0.2, 0) is 4.74 Å². The van der Waals surface area contributed by atoms with E-state index in [0.29, 0.717) is 24.4 Å². The quantitative estimate of drug-likeness (QED) is 0.747. The molecule has 0 unspecified atom stereocenters. The van der Waals surface area contributed by atoms with Gasteiger partial charge >= 0.3 is 0 Å². The Bertz CT molecular complexity index is 345. The molecule has 0 aromatic heterocycles. The highest BCUT2D eigenvalue weighted by Gasteiger charge is 2.52. The summed E-state index contributed by atoms with van der Waals surface area (Å²) < 4.78 is 6.00. The fourth-order valence-corrected chi connectivity index (χ4v) is 3.70. The Hall–Kier alpha value is -0.600. The van der Waals surface area contributed by atoms with Crippen LogP contribution in [0.5, 0.6) is 0 Å². The molecule has 17 heavy (non-hydrogen) atoms. The zero-order valence-corrected chi connectivity index (χ0v) is 11.3. The molecule has 0 spiro atoms. The summed E-state index contributed by atoms with van der Waals surface area (Å²) in [6.07, 6.45) is 6.73. The Kier molecular flexibility index (Phi) is 3.46. The average Bonchev–Trinajstić information content (AvgIpc) is 2.28. The minimum atomic E-state index is -0.0811. The Labute approximate surface area is 104 Å². The first kappa shape index (κ1) is 12.8. The second-order valence-corrected chi connectivity index (χ2v) is 5.71. The molecule has 0 amide bonds. The second kappa shape index (κ2) is 4.58. The minimum Gasteiger partial charge on any atom is -0.396 e. The van der Waals surface area contributed by atoms with E-state index in [4.69, 9.17) is 4.74 Å². The fourth-order valence-electron chi connectivity index (χ4n) is 3.70. The van der Waals surface area contributed by atoms with Crippen molar-refractivity contribution < 1.29 is 9.84 Å². The molecule has 2 aliphatic rings. The Morgan fingerprint density at radius 3 is 2.82 bits per heavy atom. The summed E-state index contributed by atoms with van der Waals surface area (Å²) in [7, 11) is 0. The molecular formula is C15H24O2. The highest BCUT2D eigenvalue weighted by Crippen LogP contribution is 2.52. The largest absolute Gasteiger partial charge is 0.396 e. The van der Waals surface area contributed by atoms with Crippen molar-refractivity contribution in [1.29, 1.82) is 0 Å². The summed E-state index contributed by atoms with van der Waals surface area (Å²) in [6.45, 7) is 9.59. The zero-order valence-electron chi connectivity index (χ0n) is 11.3. The topological polar surface area (TPSA) is 29.5 Å². The summed E-state index contributed by atoms with van der Waals surface area (Å²) in [6, 6.07) is 0. The molecule has 1 saturated heterocycles. The Morgan fingerprint density at radius 1 is 1.53 bits per heavy atom. The molecule has 2 heteroatoms. The van der Waals surface area contributed by atoms with E-state index < -0.39 is 0 Å². The molecule has 5 atom stereocenters. The third kappa shape index (κ3) is 1.78. The number of aliphatic hydroxyl groups is 1. The lowest BCUT2D eigenvalue weighted by Gasteiger charge is -2.54. The van der Waals surface area contributed by atoms with Crippen LogP contribution in [-0.4, -0.2) is 24.4 Å². The van der Waals surface area contributed by atoms with Crippen LogP contribution < -0.4 is 0 Å². The molecule has 0 aromatic rings. The van der Waals surface area contributed by atoms with Crippen LogP contribution in [0.25, 0.3) is 0 Å². The van der Waals surface area contributed by atoms with Crippen LogP contribution in [0.15, 0.2) is 23.8 Å². The highest BCUT2D eigenvalue weighted by molar-refractivity contribution is 5.22. The number of aliphatic hydroxyl groups excluding tert-OH is 1. The summed E-state index contributed by atoms with van der Waals surface area (Å²) >= 11 is 0. The van der Waals surface area contributed by atoms with E-state index in [-0.39, 0.29) is 18.1 Å². The van der Waals surface area contributed by atoms with Crippen molar-refractivity contribution in [2.24, 2.45) is 23.2 Å². The maximum Gasteiger partial charge on any atom is 0.0823 e. The fraction of sp³-hybridized carbons (Fsp3) is 0.733. The van der Waals surface area contributed by atoms with Crippen molar-refractivity contribution in [3.8, 4) is 0 Å². The van der Waals surface area contributed by atoms with E-state index in [9.17, 15) is 5.11 Å². The van der Waals surface area contributed by atoms with Gasteiger partial charge in [0.2, 0.25) is 0 Å². The standard InChI is InChI=1S/C15H24O2/c1-5-6-13-14-10(2)7-11(3)15(8-16,9-17-13)12(14)4/h5-7,11-14,16H,8-9H2,1-4H3/b6-5+/t11-,12+,13+,14+,15+/m1/s1. The first-order valence-corrected chi connectivity index (χ1v) is 6.60. The van der Waals surface area contributed by atoms with E-state index in [1.807, 2.05) is 6.92 Å². The highest BCUT2D eigenvalue weighted by atomic mass is 16.5. The van der Waals surface area contributed by atoms with Crippen LogP contribution in [0, 0.1) is 23.2 Å². The maximum absolute atomic E-state index is 9.81. The van der Waals surface area contributed by atoms with Gasteiger partial charge in [0.05, 0.1) is 19.3 Å². The van der Waals surface area contributed by atoms with Gasteiger partial charge in [-0.25, -0.2) is 0 Å². The molecule has 1 aliphatic carbocycles. The van der Waals surface area contributed by atoms with Gasteiger partial charge < -0.3 is 9.84 Å². The van der Waals surface area contributed by atoms with Gasteiger partial charge in [-0.15, -0.1) is 0 Å². The summed E-state index contributed by atoms with van der Waals surface area (Å²) in [5.74, 6) is 1.29. The molecule has 2 bridgehead atoms. The van der Waals surface area contributed by atoms with Crippen molar-refractivity contribution in [1.82, 2.24) is 0 Å². The lowest BCUT2D eigenvalue weighted by atomic mass is 9.56. The van der Waals surface area contributed by atoms with Crippen LogP contribution in [0.4, 0.5) is 0 Å². The van der Waals surface area contributed by atoms with Crippen LogP contribution >= 0.6 is 0 Å². The normalized spacial score (nSPS) is 46.1. The third-order valence-electron chi connectivity index (χ3n) is 4.97. The van der Waals surface area contributed by atoms with Crippen LogP contribution in [0.1, 0.15) is 27.7 Å². The van der Waals surface area contributed by atoms with Gasteiger partial charge in [0.1, 0.15) is 0 Å². The molecule has 0 aromatic carbocycles. The monoisotopic (exact) mass is 236 g/mol. The average molecular weight is 236 g/mol. The molecule has 1 N–H and O–H groups in total. The van der Waals surface area contributed by atoms with Gasteiger partial charge in [0, 0.05) is 11.3 Å². The van der Waals surface area contributed by atoms with Crippen LogP contribution in [0.3, 0.4) is 0 Å². The Morgan fingerprint density at radius 2 is 2.24 bits per heavy atom. The van der Waals surface area contributed by atoms with Crippen molar-refractivity contribution in [2.75, 3.05) is 13.2 Å². The zero-order chi connectivity index (χ0) is 12.6. The van der Waals surface area contributed by atoms with Gasteiger partial charge in [0.15, 0.2) is 0 Å². The van der Waals surface area contributed by atoms with Gasteiger partial charge in [-0.1, -0.05) is 37.6 Å². The molecule has 0 saturated carbocycles. The van der Waals surface area contributed by atoms with Gasteiger partial charge in [-0.2, -0.15) is 0 Å². The smallest absolute Gasteiger partial charge is 0.0823 e. The van der Waals surface area contributed by atoms with E-state index >= 15 is 0 Å². The number of ether oxygens (including phenoxy) is 1.